The lowest BCUT2D eigenvalue weighted by molar-refractivity contribution is 0.0526. The Labute approximate surface area is 169 Å². The number of carbonyl (C=O) groups is 1. The van der Waals surface area contributed by atoms with E-state index in [0.717, 1.165) is 28.9 Å². The summed E-state index contributed by atoms with van der Waals surface area (Å²) in [5.74, 6) is 1.44. The lowest BCUT2D eigenvalue weighted by Crippen LogP contribution is -2.23. The van der Waals surface area contributed by atoms with E-state index in [1.807, 2.05) is 49.4 Å². The van der Waals surface area contributed by atoms with Gasteiger partial charge in [-0.1, -0.05) is 48.0 Å². The zero-order valence-electron chi connectivity index (χ0n) is 16.5. The fraction of sp³-hybridized carbons (Fsp3) is 0.261. The van der Waals surface area contributed by atoms with E-state index >= 15 is 0 Å². The minimum absolute atomic E-state index is 0.0228. The van der Waals surface area contributed by atoms with Gasteiger partial charge >= 0.3 is 5.97 Å². The van der Waals surface area contributed by atoms with Crippen LogP contribution < -0.4 is 10.1 Å². The Morgan fingerprint density at radius 1 is 1.24 bits per heavy atom. The van der Waals surface area contributed by atoms with Gasteiger partial charge in [0, 0.05) is 23.7 Å². The number of nitrogens with one attached hydrogen (secondary N) is 1. The van der Waals surface area contributed by atoms with Crippen molar-refractivity contribution in [2.75, 3.05) is 18.5 Å². The van der Waals surface area contributed by atoms with Gasteiger partial charge in [-0.15, -0.1) is 0 Å². The Morgan fingerprint density at radius 2 is 2.07 bits per heavy atom. The van der Waals surface area contributed by atoms with E-state index in [-0.39, 0.29) is 12.6 Å². The number of ether oxygens (including phenoxy) is 2. The van der Waals surface area contributed by atoms with Gasteiger partial charge in [0.05, 0.1) is 19.3 Å². The van der Waals surface area contributed by atoms with Crippen LogP contribution in [0.25, 0.3) is 11.4 Å². The summed E-state index contributed by atoms with van der Waals surface area (Å²) >= 11 is 0. The minimum atomic E-state index is -0.439. The second-order valence-corrected chi connectivity index (χ2v) is 6.92. The standard InChI is InChI=1S/C23H23N3O3/c1-3-28-23(27)18-14-24-21(16-7-5-4-6-8-16)26-22(18)25-19-11-12-29-20-10-9-15(2)13-17(19)20/h4-10,13-14,19H,3,11-12H2,1-2H3,(H,24,25,26). The molecule has 1 unspecified atom stereocenters. The summed E-state index contributed by atoms with van der Waals surface area (Å²) in [6.07, 6.45) is 2.30. The molecule has 2 aromatic carbocycles. The molecule has 4 rings (SSSR count). The van der Waals surface area contributed by atoms with Crippen LogP contribution >= 0.6 is 0 Å². The summed E-state index contributed by atoms with van der Waals surface area (Å²) in [6, 6.07) is 15.8. The van der Waals surface area contributed by atoms with E-state index in [4.69, 9.17) is 9.47 Å². The smallest absolute Gasteiger partial charge is 0.343 e. The molecule has 1 aliphatic heterocycles. The third kappa shape index (κ3) is 4.06. The molecule has 0 saturated heterocycles. The van der Waals surface area contributed by atoms with Crippen LogP contribution in [0, 0.1) is 6.92 Å². The average Bonchev–Trinajstić information content (AvgIpc) is 2.75. The number of carbonyl (C=O) groups excluding carboxylic acids is 1. The summed E-state index contributed by atoms with van der Waals surface area (Å²) in [7, 11) is 0. The molecule has 1 N–H and O–H groups in total. The predicted octanol–water partition coefficient (Wildman–Crippen LogP) is 4.56. The Balaban J connectivity index is 1.73. The van der Waals surface area contributed by atoms with E-state index in [1.54, 1.807) is 6.92 Å². The second kappa shape index (κ2) is 8.31. The molecule has 6 nitrogen and oxygen atoms in total. The second-order valence-electron chi connectivity index (χ2n) is 6.92. The number of rotatable bonds is 5. The van der Waals surface area contributed by atoms with Crippen LogP contribution in [-0.2, 0) is 4.74 Å². The number of hydrogen-bond acceptors (Lipinski definition) is 6. The largest absolute Gasteiger partial charge is 0.493 e. The van der Waals surface area contributed by atoms with E-state index in [9.17, 15) is 4.79 Å². The molecule has 0 spiro atoms. The number of hydrogen-bond donors (Lipinski definition) is 1. The molecule has 0 aliphatic carbocycles. The number of fused-ring (bicyclic) bond motifs is 1. The Hall–Kier alpha value is -3.41. The van der Waals surface area contributed by atoms with Gasteiger partial charge in [0.2, 0.25) is 0 Å². The lowest BCUT2D eigenvalue weighted by atomic mass is 9.98. The molecule has 1 aliphatic rings. The van der Waals surface area contributed by atoms with E-state index in [0.29, 0.717) is 23.8 Å². The van der Waals surface area contributed by atoms with Crippen molar-refractivity contribution < 1.29 is 14.3 Å². The van der Waals surface area contributed by atoms with Crippen LogP contribution in [0.3, 0.4) is 0 Å². The summed E-state index contributed by atoms with van der Waals surface area (Å²) in [6.45, 7) is 4.72. The van der Waals surface area contributed by atoms with Gasteiger partial charge in [0.1, 0.15) is 17.1 Å². The third-order valence-corrected chi connectivity index (χ3v) is 4.83. The van der Waals surface area contributed by atoms with Crippen molar-refractivity contribution in [2.45, 2.75) is 26.3 Å². The molecule has 1 aromatic heterocycles. The van der Waals surface area contributed by atoms with E-state index in [1.165, 1.54) is 6.20 Å². The van der Waals surface area contributed by atoms with Crippen LogP contribution in [0.4, 0.5) is 5.82 Å². The van der Waals surface area contributed by atoms with Crippen molar-refractivity contribution in [2.24, 2.45) is 0 Å². The SMILES string of the molecule is CCOC(=O)c1cnc(-c2ccccc2)nc1NC1CCOc2ccc(C)cc21. The molecule has 0 fully saturated rings. The Bertz CT molecular complexity index is 1020. The number of aryl methyl sites for hydroxylation is 1. The number of benzene rings is 2. The molecular formula is C23H23N3O3. The number of aromatic nitrogens is 2. The highest BCUT2D eigenvalue weighted by Gasteiger charge is 2.25. The van der Waals surface area contributed by atoms with Crippen LogP contribution in [-0.4, -0.2) is 29.2 Å². The quantitative estimate of drug-likeness (QED) is 0.645. The van der Waals surface area contributed by atoms with E-state index in [2.05, 4.69) is 21.4 Å². The fourth-order valence-electron chi connectivity index (χ4n) is 3.41. The van der Waals surface area contributed by atoms with Gasteiger partial charge in [-0.3, -0.25) is 0 Å². The van der Waals surface area contributed by atoms with Crippen molar-refractivity contribution in [3.63, 3.8) is 0 Å². The van der Waals surface area contributed by atoms with Gasteiger partial charge < -0.3 is 14.8 Å². The molecule has 2 heterocycles. The average molecular weight is 389 g/mol. The van der Waals surface area contributed by atoms with Crippen LogP contribution in [0.5, 0.6) is 5.75 Å². The highest BCUT2D eigenvalue weighted by Crippen LogP contribution is 2.35. The minimum Gasteiger partial charge on any atom is -0.493 e. The predicted molar refractivity (Wildman–Crippen MR) is 111 cm³/mol. The van der Waals surface area contributed by atoms with Crippen molar-refractivity contribution in [3.8, 4) is 17.1 Å². The highest BCUT2D eigenvalue weighted by molar-refractivity contribution is 5.94. The normalized spacial score (nSPS) is 15.2. The Kier molecular flexibility index (Phi) is 5.42. The van der Waals surface area contributed by atoms with Gasteiger partial charge in [-0.05, 0) is 19.9 Å². The molecule has 148 valence electrons. The van der Waals surface area contributed by atoms with Gasteiger partial charge in [-0.2, -0.15) is 0 Å². The molecular weight excluding hydrogens is 366 g/mol. The van der Waals surface area contributed by atoms with Crippen LogP contribution in [0.1, 0.15) is 40.9 Å². The van der Waals surface area contributed by atoms with Crippen molar-refractivity contribution >= 4 is 11.8 Å². The van der Waals surface area contributed by atoms with Crippen LogP contribution in [0.15, 0.2) is 54.7 Å². The number of esters is 1. The lowest BCUT2D eigenvalue weighted by Gasteiger charge is -2.28. The van der Waals surface area contributed by atoms with Gasteiger partial charge in [0.15, 0.2) is 5.82 Å². The monoisotopic (exact) mass is 389 g/mol. The van der Waals surface area contributed by atoms with Gasteiger partial charge in [0.25, 0.3) is 0 Å². The summed E-state index contributed by atoms with van der Waals surface area (Å²) in [4.78, 5) is 21.5. The first kappa shape index (κ1) is 18.9. The molecule has 0 bridgehead atoms. The molecule has 3 aromatic rings. The maximum atomic E-state index is 12.5. The zero-order valence-corrected chi connectivity index (χ0v) is 16.5. The molecule has 0 saturated carbocycles. The third-order valence-electron chi connectivity index (χ3n) is 4.83. The summed E-state index contributed by atoms with van der Waals surface area (Å²) in [5, 5.41) is 3.45. The fourth-order valence-corrected chi connectivity index (χ4v) is 3.41. The summed E-state index contributed by atoms with van der Waals surface area (Å²) < 4.78 is 11.0. The van der Waals surface area contributed by atoms with E-state index < -0.39 is 5.97 Å². The Morgan fingerprint density at radius 3 is 2.86 bits per heavy atom. The molecule has 29 heavy (non-hydrogen) atoms. The maximum Gasteiger partial charge on any atom is 0.343 e. The maximum absolute atomic E-state index is 12.5. The summed E-state index contributed by atoms with van der Waals surface area (Å²) in [5.41, 5.74) is 3.42. The molecule has 0 radical (unpaired) electrons. The van der Waals surface area contributed by atoms with Crippen molar-refractivity contribution in [3.05, 3.63) is 71.4 Å². The molecule has 6 heteroatoms. The highest BCUT2D eigenvalue weighted by atomic mass is 16.5. The number of anilines is 1. The number of nitrogens with zero attached hydrogens (tertiary/aromatic N) is 2. The zero-order chi connectivity index (χ0) is 20.2. The van der Waals surface area contributed by atoms with Gasteiger partial charge in [-0.25, -0.2) is 14.8 Å². The topological polar surface area (TPSA) is 73.3 Å². The molecule has 0 amide bonds. The first-order chi connectivity index (χ1) is 14.2. The van der Waals surface area contributed by atoms with Crippen LogP contribution in [0.2, 0.25) is 0 Å². The van der Waals surface area contributed by atoms with Crippen molar-refractivity contribution in [1.82, 2.24) is 9.97 Å². The van der Waals surface area contributed by atoms with Crippen molar-refractivity contribution in [1.29, 1.82) is 0 Å². The first-order valence-corrected chi connectivity index (χ1v) is 9.75. The first-order valence-electron chi connectivity index (χ1n) is 9.75. The molecule has 1 atom stereocenters.